The molecule has 1 N–H and O–H groups in total. The number of aryl methyl sites for hydroxylation is 1. The molecule has 0 amide bonds. The largest absolute Gasteiger partial charge is 0.476 e. The van der Waals surface area contributed by atoms with Gasteiger partial charge in [0.2, 0.25) is 0 Å². The first-order valence-corrected chi connectivity index (χ1v) is 7.23. The van der Waals surface area contributed by atoms with E-state index in [-0.39, 0.29) is 11.6 Å². The highest BCUT2D eigenvalue weighted by molar-refractivity contribution is 5.89. The number of carbonyl (C=O) groups is 1. The molecule has 0 aliphatic heterocycles. The smallest absolute Gasteiger partial charge is 0.356 e. The van der Waals surface area contributed by atoms with Crippen LogP contribution in [0.2, 0.25) is 0 Å². The predicted molar refractivity (Wildman–Crippen MR) is 76.8 cm³/mol. The van der Waals surface area contributed by atoms with Gasteiger partial charge >= 0.3 is 5.97 Å². The molecule has 6 heteroatoms. The van der Waals surface area contributed by atoms with E-state index in [0.29, 0.717) is 11.5 Å². The van der Waals surface area contributed by atoms with E-state index in [1.807, 2.05) is 18.4 Å². The predicted octanol–water partition coefficient (Wildman–Crippen LogP) is 2.36. The van der Waals surface area contributed by atoms with Gasteiger partial charge in [0.05, 0.1) is 23.9 Å². The fraction of sp³-hybridized carbons (Fsp3) is 0.467. The Morgan fingerprint density at radius 3 is 2.76 bits per heavy atom. The summed E-state index contributed by atoms with van der Waals surface area (Å²) in [4.78, 5) is 24.5. The van der Waals surface area contributed by atoms with Gasteiger partial charge in [-0.2, -0.15) is 0 Å². The Labute approximate surface area is 122 Å². The van der Waals surface area contributed by atoms with Crippen LogP contribution in [0.3, 0.4) is 0 Å². The van der Waals surface area contributed by atoms with Crippen LogP contribution in [0.25, 0.3) is 5.69 Å². The zero-order chi connectivity index (χ0) is 15.0. The van der Waals surface area contributed by atoms with Crippen LogP contribution in [0, 0.1) is 0 Å². The molecule has 0 spiro atoms. The van der Waals surface area contributed by atoms with Gasteiger partial charge in [-0.25, -0.2) is 19.7 Å². The molecule has 0 atom stereocenters. The van der Waals surface area contributed by atoms with Crippen LogP contribution in [0.15, 0.2) is 12.5 Å². The van der Waals surface area contributed by atoms with Crippen LogP contribution in [-0.4, -0.2) is 30.6 Å². The molecule has 2 aromatic heterocycles. The third-order valence-corrected chi connectivity index (χ3v) is 3.80. The lowest BCUT2D eigenvalue weighted by Crippen LogP contribution is -2.14. The first kappa shape index (κ1) is 13.7. The SMILES string of the molecule is CC(C)c1ncc(-n2cnc3c2CCCC3)c(C(=O)O)n1. The van der Waals surface area contributed by atoms with Crippen molar-refractivity contribution in [2.75, 3.05) is 0 Å². The number of aromatic carboxylic acids is 1. The Balaban J connectivity index is 2.14. The lowest BCUT2D eigenvalue weighted by atomic mass is 10.0. The fourth-order valence-corrected chi connectivity index (χ4v) is 2.68. The van der Waals surface area contributed by atoms with Crippen LogP contribution in [0.4, 0.5) is 0 Å². The molecule has 110 valence electrons. The number of imidazole rings is 1. The van der Waals surface area contributed by atoms with Gasteiger partial charge in [0.1, 0.15) is 5.82 Å². The number of carboxylic acids is 1. The van der Waals surface area contributed by atoms with Crippen molar-refractivity contribution in [1.82, 2.24) is 19.5 Å². The van der Waals surface area contributed by atoms with E-state index in [9.17, 15) is 9.90 Å². The first-order chi connectivity index (χ1) is 10.1. The van der Waals surface area contributed by atoms with Crippen molar-refractivity contribution in [1.29, 1.82) is 0 Å². The number of hydrogen-bond donors (Lipinski definition) is 1. The van der Waals surface area contributed by atoms with E-state index in [4.69, 9.17) is 0 Å². The number of rotatable bonds is 3. The summed E-state index contributed by atoms with van der Waals surface area (Å²) in [5, 5.41) is 9.45. The van der Waals surface area contributed by atoms with Gasteiger partial charge in [-0.05, 0) is 25.7 Å². The van der Waals surface area contributed by atoms with Gasteiger partial charge in [0.15, 0.2) is 5.69 Å². The second-order valence-electron chi connectivity index (χ2n) is 5.64. The molecule has 0 unspecified atom stereocenters. The van der Waals surface area contributed by atoms with Crippen molar-refractivity contribution in [3.63, 3.8) is 0 Å². The lowest BCUT2D eigenvalue weighted by molar-refractivity contribution is 0.0690. The molecule has 21 heavy (non-hydrogen) atoms. The minimum atomic E-state index is -1.03. The lowest BCUT2D eigenvalue weighted by Gasteiger charge is -2.15. The maximum atomic E-state index is 11.5. The standard InChI is InChI=1S/C15H18N4O2/c1-9(2)14-16-7-12(13(18-14)15(20)21)19-8-17-10-5-3-4-6-11(10)19/h7-9H,3-6H2,1-2H3,(H,20,21). The van der Waals surface area contributed by atoms with E-state index in [0.717, 1.165) is 37.1 Å². The summed E-state index contributed by atoms with van der Waals surface area (Å²) < 4.78 is 1.84. The zero-order valence-electron chi connectivity index (χ0n) is 12.2. The first-order valence-electron chi connectivity index (χ1n) is 7.23. The number of aromatic nitrogens is 4. The molecule has 2 heterocycles. The summed E-state index contributed by atoms with van der Waals surface area (Å²) in [5.41, 5.74) is 2.69. The van der Waals surface area contributed by atoms with Crippen LogP contribution in [-0.2, 0) is 12.8 Å². The third-order valence-electron chi connectivity index (χ3n) is 3.80. The Morgan fingerprint density at radius 1 is 1.29 bits per heavy atom. The molecule has 0 saturated heterocycles. The molecular weight excluding hydrogens is 268 g/mol. The van der Waals surface area contributed by atoms with Crippen LogP contribution < -0.4 is 0 Å². The van der Waals surface area contributed by atoms with Gasteiger partial charge in [-0.15, -0.1) is 0 Å². The quantitative estimate of drug-likeness (QED) is 0.936. The number of carboxylic acid groups (broad SMARTS) is 1. The summed E-state index contributed by atoms with van der Waals surface area (Å²) in [5.74, 6) is -0.397. The molecule has 0 saturated carbocycles. The van der Waals surface area contributed by atoms with Gasteiger partial charge in [-0.3, -0.25) is 4.57 Å². The molecule has 1 aliphatic rings. The molecule has 0 bridgehead atoms. The summed E-state index contributed by atoms with van der Waals surface area (Å²) in [6.45, 7) is 3.89. The molecule has 0 aromatic carbocycles. The monoisotopic (exact) mass is 286 g/mol. The highest BCUT2D eigenvalue weighted by Gasteiger charge is 2.22. The third kappa shape index (κ3) is 2.41. The van der Waals surface area contributed by atoms with Crippen LogP contribution >= 0.6 is 0 Å². The van der Waals surface area contributed by atoms with E-state index in [1.54, 1.807) is 12.5 Å². The van der Waals surface area contributed by atoms with E-state index >= 15 is 0 Å². The summed E-state index contributed by atoms with van der Waals surface area (Å²) in [7, 11) is 0. The molecule has 0 fully saturated rings. The number of fused-ring (bicyclic) bond motifs is 1. The van der Waals surface area contributed by atoms with E-state index < -0.39 is 5.97 Å². The topological polar surface area (TPSA) is 80.9 Å². The maximum absolute atomic E-state index is 11.5. The van der Waals surface area contributed by atoms with Crippen molar-refractivity contribution >= 4 is 5.97 Å². The van der Waals surface area contributed by atoms with Crippen molar-refractivity contribution in [2.24, 2.45) is 0 Å². The van der Waals surface area contributed by atoms with Gasteiger partial charge in [0.25, 0.3) is 0 Å². The maximum Gasteiger partial charge on any atom is 0.356 e. The Kier molecular flexibility index (Phi) is 3.45. The molecule has 0 radical (unpaired) electrons. The summed E-state index contributed by atoms with van der Waals surface area (Å²) >= 11 is 0. The number of nitrogens with zero attached hydrogens (tertiary/aromatic N) is 4. The highest BCUT2D eigenvalue weighted by Crippen LogP contribution is 2.24. The molecular formula is C15H18N4O2. The summed E-state index contributed by atoms with van der Waals surface area (Å²) in [6, 6.07) is 0. The second kappa shape index (κ2) is 5.27. The molecule has 3 rings (SSSR count). The Hall–Kier alpha value is -2.24. The van der Waals surface area contributed by atoms with Crippen molar-refractivity contribution in [2.45, 2.75) is 45.4 Å². The van der Waals surface area contributed by atoms with Gasteiger partial charge in [0, 0.05) is 11.6 Å². The van der Waals surface area contributed by atoms with Crippen molar-refractivity contribution < 1.29 is 9.90 Å². The molecule has 6 nitrogen and oxygen atoms in total. The van der Waals surface area contributed by atoms with Crippen LogP contribution in [0.1, 0.15) is 60.3 Å². The number of hydrogen-bond acceptors (Lipinski definition) is 4. The van der Waals surface area contributed by atoms with E-state index in [2.05, 4.69) is 15.0 Å². The van der Waals surface area contributed by atoms with Gasteiger partial charge in [-0.1, -0.05) is 13.8 Å². The highest BCUT2D eigenvalue weighted by atomic mass is 16.4. The molecule has 1 aliphatic carbocycles. The van der Waals surface area contributed by atoms with Crippen molar-refractivity contribution in [3.05, 3.63) is 35.4 Å². The average molecular weight is 286 g/mol. The average Bonchev–Trinajstić information content (AvgIpc) is 2.90. The normalized spacial score (nSPS) is 14.2. The fourth-order valence-electron chi connectivity index (χ4n) is 2.68. The van der Waals surface area contributed by atoms with E-state index in [1.165, 1.54) is 0 Å². The Morgan fingerprint density at radius 2 is 2.05 bits per heavy atom. The zero-order valence-corrected chi connectivity index (χ0v) is 12.2. The minimum absolute atomic E-state index is 0.0412. The Bertz CT molecular complexity index is 691. The van der Waals surface area contributed by atoms with Crippen molar-refractivity contribution in [3.8, 4) is 5.69 Å². The summed E-state index contributed by atoms with van der Waals surface area (Å²) in [6.07, 6.45) is 7.40. The van der Waals surface area contributed by atoms with Crippen LogP contribution in [0.5, 0.6) is 0 Å². The second-order valence-corrected chi connectivity index (χ2v) is 5.64. The molecule has 2 aromatic rings. The van der Waals surface area contributed by atoms with Gasteiger partial charge < -0.3 is 5.11 Å². The minimum Gasteiger partial charge on any atom is -0.476 e.